The third kappa shape index (κ3) is 5.17. The first kappa shape index (κ1) is 27.6. The second-order valence-corrected chi connectivity index (χ2v) is 12.7. The Labute approximate surface area is 246 Å². The number of β-amino-alcohol motifs (C(OH)–C–C–N with tert-alkyl or cyclic N) is 1. The lowest BCUT2D eigenvalue weighted by atomic mass is 10.1. The molecule has 2 saturated heterocycles. The maximum atomic E-state index is 12.5. The van der Waals surface area contributed by atoms with Gasteiger partial charge in [0.25, 0.3) is 0 Å². The molecule has 2 fully saturated rings. The first-order chi connectivity index (χ1) is 19.7. The number of piperazine rings is 1. The predicted molar refractivity (Wildman–Crippen MR) is 161 cm³/mol. The van der Waals surface area contributed by atoms with Crippen LogP contribution in [0.3, 0.4) is 0 Å². The lowest BCUT2D eigenvalue weighted by molar-refractivity contribution is -0.143. The number of rotatable bonds is 7. The maximum absolute atomic E-state index is 12.5. The highest BCUT2D eigenvalue weighted by molar-refractivity contribution is 7.20. The van der Waals surface area contributed by atoms with Crippen molar-refractivity contribution in [3.63, 3.8) is 0 Å². The van der Waals surface area contributed by atoms with Crippen LogP contribution in [0, 0.1) is 18.3 Å². The van der Waals surface area contributed by atoms with Gasteiger partial charge in [-0.05, 0) is 20.3 Å². The summed E-state index contributed by atoms with van der Waals surface area (Å²) in [6.07, 6.45) is 0.359. The Kier molecular flexibility index (Phi) is 7.41. The molecule has 4 aromatic rings. The number of benzene rings is 1. The Bertz CT molecular complexity index is 1610. The molecule has 5 heterocycles. The number of carbonyl (C=O) groups excluding carboxylic acids is 1. The van der Waals surface area contributed by atoms with Gasteiger partial charge in [0, 0.05) is 51.4 Å². The van der Waals surface area contributed by atoms with E-state index >= 15 is 0 Å². The molecule has 0 saturated carbocycles. The van der Waals surface area contributed by atoms with Gasteiger partial charge in [-0.25, -0.2) is 9.97 Å². The third-order valence-electron chi connectivity index (χ3n) is 7.81. The van der Waals surface area contributed by atoms with E-state index in [9.17, 15) is 15.2 Å². The van der Waals surface area contributed by atoms with E-state index in [2.05, 4.69) is 29.7 Å². The summed E-state index contributed by atoms with van der Waals surface area (Å²) in [4.78, 5) is 31.9. The predicted octanol–water partition coefficient (Wildman–Crippen LogP) is 3.14. The molecule has 11 nitrogen and oxygen atoms in total. The standard InChI is InChI=1S/C28H33N9O2S2/c1-5-21-25(33(4)26-31-24(22(12-29)40-26)19-8-6-17(2)7-9-19)37-27(30-21)41-28(32-37)35-11-10-34(18(3)13-35)16-23(39)36-14-20(38)15-36/h6-9,18,20,38H,5,10-11,13-16H2,1-4H3/t18-/m1/s1. The minimum absolute atomic E-state index is 0.0790. The van der Waals surface area contributed by atoms with E-state index in [1.807, 2.05) is 47.7 Å². The normalized spacial score (nSPS) is 18.1. The number of aryl methyl sites for hydroxylation is 2. The second-order valence-electron chi connectivity index (χ2n) is 10.7. The summed E-state index contributed by atoms with van der Waals surface area (Å²) in [5.74, 6) is 0.933. The minimum atomic E-state index is -0.381. The lowest BCUT2D eigenvalue weighted by Crippen LogP contribution is -2.59. The maximum Gasteiger partial charge on any atom is 0.236 e. The molecule has 1 aromatic carbocycles. The molecule has 0 aliphatic carbocycles. The molecular formula is C28H33N9O2S2. The van der Waals surface area contributed by atoms with Crippen LogP contribution in [0.25, 0.3) is 16.2 Å². The highest BCUT2D eigenvalue weighted by Gasteiger charge is 2.33. The number of fused-ring (bicyclic) bond motifs is 1. The number of hydrogen-bond donors (Lipinski definition) is 1. The number of amides is 1. The average Bonchev–Trinajstić information content (AvgIpc) is 3.65. The van der Waals surface area contributed by atoms with Gasteiger partial charge >= 0.3 is 0 Å². The molecule has 13 heteroatoms. The lowest BCUT2D eigenvalue weighted by Gasteiger charge is -2.42. The van der Waals surface area contributed by atoms with Gasteiger partial charge in [0.1, 0.15) is 16.6 Å². The van der Waals surface area contributed by atoms with Crippen LogP contribution < -0.4 is 9.80 Å². The number of hydrogen-bond acceptors (Lipinski definition) is 11. The van der Waals surface area contributed by atoms with Crippen molar-refractivity contribution >= 4 is 49.6 Å². The van der Waals surface area contributed by atoms with Crippen molar-refractivity contribution in [2.45, 2.75) is 39.3 Å². The van der Waals surface area contributed by atoms with E-state index in [1.54, 1.807) is 16.2 Å². The van der Waals surface area contributed by atoms with Crippen molar-refractivity contribution < 1.29 is 9.90 Å². The fourth-order valence-corrected chi connectivity index (χ4v) is 7.13. The van der Waals surface area contributed by atoms with Crippen LogP contribution in [0.15, 0.2) is 24.3 Å². The van der Waals surface area contributed by atoms with Crippen LogP contribution in [-0.2, 0) is 11.2 Å². The zero-order valence-corrected chi connectivity index (χ0v) is 25.2. The Hall–Kier alpha value is -3.57. The van der Waals surface area contributed by atoms with Gasteiger partial charge in [0.15, 0.2) is 10.9 Å². The molecule has 0 radical (unpaired) electrons. The molecule has 2 aliphatic rings. The number of anilines is 3. The number of likely N-dealkylation sites (tertiary alicyclic amines) is 1. The Balaban J connectivity index is 1.23. The number of aliphatic hydroxyl groups is 1. The Morgan fingerprint density at radius 2 is 1.93 bits per heavy atom. The molecule has 2 aliphatic heterocycles. The fourth-order valence-electron chi connectivity index (χ4n) is 5.33. The number of imidazole rings is 1. The quantitative estimate of drug-likeness (QED) is 0.346. The minimum Gasteiger partial charge on any atom is -0.389 e. The summed E-state index contributed by atoms with van der Waals surface area (Å²) in [6, 6.07) is 10.6. The summed E-state index contributed by atoms with van der Waals surface area (Å²) in [5.41, 5.74) is 3.69. The van der Waals surface area contributed by atoms with Gasteiger partial charge in [-0.1, -0.05) is 59.4 Å². The fraction of sp³-hybridized carbons (Fsp3) is 0.464. The third-order valence-corrected chi connectivity index (χ3v) is 9.82. The van der Waals surface area contributed by atoms with Crippen LogP contribution >= 0.6 is 22.7 Å². The van der Waals surface area contributed by atoms with Gasteiger partial charge < -0.3 is 19.8 Å². The molecular weight excluding hydrogens is 559 g/mol. The summed E-state index contributed by atoms with van der Waals surface area (Å²) in [5, 5.41) is 26.0. The first-order valence-corrected chi connectivity index (χ1v) is 15.4. The monoisotopic (exact) mass is 591 g/mol. The van der Waals surface area contributed by atoms with E-state index in [4.69, 9.17) is 15.1 Å². The van der Waals surface area contributed by atoms with Crippen molar-refractivity contribution in [2.75, 3.05) is 56.1 Å². The molecule has 1 atom stereocenters. The number of carbonyl (C=O) groups is 1. The smallest absolute Gasteiger partial charge is 0.236 e. The van der Waals surface area contributed by atoms with Crippen LogP contribution in [0.1, 0.15) is 30.0 Å². The van der Waals surface area contributed by atoms with Gasteiger partial charge in [0.2, 0.25) is 16.0 Å². The van der Waals surface area contributed by atoms with Crippen molar-refractivity contribution in [1.82, 2.24) is 29.4 Å². The first-order valence-electron chi connectivity index (χ1n) is 13.8. The summed E-state index contributed by atoms with van der Waals surface area (Å²) >= 11 is 2.93. The molecule has 1 N–H and O–H groups in total. The van der Waals surface area contributed by atoms with Gasteiger partial charge in [0.05, 0.1) is 18.3 Å². The van der Waals surface area contributed by atoms with Gasteiger partial charge in [-0.2, -0.15) is 9.78 Å². The number of nitriles is 1. The zero-order chi connectivity index (χ0) is 28.8. The van der Waals surface area contributed by atoms with Crippen molar-refractivity contribution in [3.8, 4) is 17.3 Å². The molecule has 3 aromatic heterocycles. The van der Waals surface area contributed by atoms with E-state index in [0.29, 0.717) is 35.3 Å². The molecule has 0 unspecified atom stereocenters. The van der Waals surface area contributed by atoms with Gasteiger partial charge in [-0.3, -0.25) is 9.69 Å². The topological polar surface area (TPSA) is 117 Å². The van der Waals surface area contributed by atoms with E-state index in [1.165, 1.54) is 11.3 Å². The SMILES string of the molecule is CCc1nc2sc(N3CCN(CC(=O)N4CC(O)C4)[C@H](C)C3)nn2c1N(C)c1nc(-c2ccc(C)cc2)c(C#N)s1. The van der Waals surface area contributed by atoms with E-state index in [0.717, 1.165) is 58.8 Å². The highest BCUT2D eigenvalue weighted by atomic mass is 32.1. The number of aliphatic hydroxyl groups excluding tert-OH is 1. The number of nitrogens with zero attached hydrogens (tertiary/aromatic N) is 9. The average molecular weight is 592 g/mol. The van der Waals surface area contributed by atoms with Crippen LogP contribution in [0.2, 0.25) is 0 Å². The van der Waals surface area contributed by atoms with E-state index in [-0.39, 0.29) is 18.1 Å². The Morgan fingerprint density at radius 1 is 1.17 bits per heavy atom. The zero-order valence-electron chi connectivity index (χ0n) is 23.6. The van der Waals surface area contributed by atoms with Crippen molar-refractivity contribution in [1.29, 1.82) is 5.26 Å². The molecule has 1 amide bonds. The molecule has 0 spiro atoms. The molecule has 214 valence electrons. The molecule has 0 bridgehead atoms. The number of thiazole rings is 1. The van der Waals surface area contributed by atoms with Crippen LogP contribution in [-0.4, -0.2) is 98.9 Å². The number of aromatic nitrogens is 4. The highest BCUT2D eigenvalue weighted by Crippen LogP contribution is 2.38. The van der Waals surface area contributed by atoms with Crippen LogP contribution in [0.4, 0.5) is 16.1 Å². The van der Waals surface area contributed by atoms with Gasteiger partial charge in [-0.15, -0.1) is 5.10 Å². The van der Waals surface area contributed by atoms with Crippen LogP contribution in [0.5, 0.6) is 0 Å². The molecule has 41 heavy (non-hydrogen) atoms. The largest absolute Gasteiger partial charge is 0.389 e. The van der Waals surface area contributed by atoms with Crippen molar-refractivity contribution in [3.05, 3.63) is 40.4 Å². The van der Waals surface area contributed by atoms with E-state index < -0.39 is 0 Å². The summed E-state index contributed by atoms with van der Waals surface area (Å²) in [7, 11) is 1.95. The summed E-state index contributed by atoms with van der Waals surface area (Å²) < 4.78 is 1.90. The Morgan fingerprint density at radius 3 is 2.59 bits per heavy atom. The summed E-state index contributed by atoms with van der Waals surface area (Å²) in [6.45, 7) is 9.79. The van der Waals surface area contributed by atoms with Crippen molar-refractivity contribution in [2.24, 2.45) is 0 Å². The molecule has 6 rings (SSSR count). The second kappa shape index (κ2) is 11.0.